The van der Waals surface area contributed by atoms with Crippen molar-refractivity contribution in [3.8, 4) is 0 Å². The van der Waals surface area contributed by atoms with Crippen molar-refractivity contribution >= 4 is 29.5 Å². The summed E-state index contributed by atoms with van der Waals surface area (Å²) in [6.45, 7) is 7.90. The largest absolute Gasteiger partial charge is 0.439 e. The number of ether oxygens (including phenoxy) is 3. The number of unbranched alkanes of at least 4 members (excludes halogenated alkanes) is 3. The van der Waals surface area contributed by atoms with Crippen LogP contribution in [0.2, 0.25) is 0 Å². The van der Waals surface area contributed by atoms with Gasteiger partial charge in [0.25, 0.3) is 11.8 Å². The van der Waals surface area contributed by atoms with Gasteiger partial charge in [0.2, 0.25) is 11.6 Å². The number of aliphatic hydroxyl groups excluding tert-OH is 1. The zero-order valence-corrected chi connectivity index (χ0v) is 31.9. The second kappa shape index (κ2) is 21.6. The van der Waals surface area contributed by atoms with Crippen LogP contribution in [-0.2, 0) is 28.6 Å². The van der Waals surface area contributed by atoms with E-state index in [1.54, 1.807) is 39.0 Å². The fourth-order valence-electron chi connectivity index (χ4n) is 6.32. The second-order valence-corrected chi connectivity index (χ2v) is 13.7. The number of hydrogen-bond acceptors (Lipinski definition) is 12. The van der Waals surface area contributed by atoms with Crippen molar-refractivity contribution in [3.63, 3.8) is 0 Å². The molecule has 0 saturated carbocycles. The van der Waals surface area contributed by atoms with Crippen molar-refractivity contribution in [2.45, 2.75) is 90.6 Å². The zero-order valence-electron chi connectivity index (χ0n) is 31.9. The quantitative estimate of drug-likeness (QED) is 0.118. The number of Topliss-reactive ketones (excluding diaryl/α,β-unsaturated/α-hetero) is 1. The highest BCUT2D eigenvalue weighted by Crippen LogP contribution is 2.29. The number of aliphatic hydroxyl groups is 1. The van der Waals surface area contributed by atoms with Crippen LogP contribution in [-0.4, -0.2) is 96.3 Å². The van der Waals surface area contributed by atoms with Gasteiger partial charge in [-0.25, -0.2) is 14.8 Å². The number of nitrogens with two attached hydrogens (primary N) is 1. The molecule has 3 rings (SSSR count). The Morgan fingerprint density at radius 2 is 1.70 bits per heavy atom. The third kappa shape index (κ3) is 12.8. The average Bonchev–Trinajstić information content (AvgIpc) is 3.14. The van der Waals surface area contributed by atoms with E-state index in [0.717, 1.165) is 25.3 Å². The lowest BCUT2D eigenvalue weighted by Crippen LogP contribution is -2.38. The summed E-state index contributed by atoms with van der Waals surface area (Å²) >= 11 is 0. The van der Waals surface area contributed by atoms with Gasteiger partial charge >= 0.3 is 6.09 Å². The molecule has 0 saturated heterocycles. The molecular formula is C39H54N6O9. The Hall–Kier alpha value is -4.99. The van der Waals surface area contributed by atoms with Crippen molar-refractivity contribution in [1.29, 1.82) is 0 Å². The predicted octanol–water partition coefficient (Wildman–Crippen LogP) is 3.13. The Bertz CT molecular complexity index is 1650. The molecule has 0 unspecified atom stereocenters. The molecule has 2 heterocycles. The fourth-order valence-corrected chi connectivity index (χ4v) is 6.32. The van der Waals surface area contributed by atoms with Crippen LogP contribution in [0.4, 0.5) is 4.79 Å². The molecule has 0 aromatic carbocycles. The van der Waals surface area contributed by atoms with Crippen LogP contribution >= 0.6 is 0 Å². The maximum absolute atomic E-state index is 13.9. The molecule has 6 N–H and O–H groups in total. The van der Waals surface area contributed by atoms with E-state index in [9.17, 15) is 29.1 Å². The van der Waals surface area contributed by atoms with Crippen LogP contribution in [0.25, 0.3) is 0 Å². The Labute approximate surface area is 316 Å². The van der Waals surface area contributed by atoms with E-state index in [1.165, 1.54) is 39.0 Å². The molecule has 2 aliphatic rings. The number of ketones is 2. The Balaban J connectivity index is 1.81. The number of aromatic nitrogens is 2. The highest BCUT2D eigenvalue weighted by atomic mass is 16.6. The van der Waals surface area contributed by atoms with Gasteiger partial charge in [0, 0.05) is 62.8 Å². The first-order valence-corrected chi connectivity index (χ1v) is 18.1. The van der Waals surface area contributed by atoms with E-state index in [2.05, 4.69) is 25.9 Å². The molecule has 15 nitrogen and oxygen atoms in total. The van der Waals surface area contributed by atoms with Crippen LogP contribution < -0.4 is 21.7 Å². The number of fused-ring (bicyclic) bond motifs is 2. The summed E-state index contributed by atoms with van der Waals surface area (Å²) in [5, 5.41) is 20.0. The maximum Gasteiger partial charge on any atom is 0.405 e. The van der Waals surface area contributed by atoms with Crippen molar-refractivity contribution in [2.24, 2.45) is 17.6 Å². The lowest BCUT2D eigenvalue weighted by Gasteiger charge is -2.30. The highest BCUT2D eigenvalue weighted by molar-refractivity contribution is 6.23. The molecule has 2 bridgehead atoms. The summed E-state index contributed by atoms with van der Waals surface area (Å²) in [6.07, 6.45) is 11.0. The summed E-state index contributed by atoms with van der Waals surface area (Å²) < 4.78 is 16.7. The zero-order chi connectivity index (χ0) is 39.8. The molecule has 3 amide bonds. The minimum atomic E-state index is -1.01. The molecule has 0 fully saturated rings. The van der Waals surface area contributed by atoms with E-state index in [-0.39, 0.29) is 40.8 Å². The number of methoxy groups -OCH3 is 2. The second-order valence-electron chi connectivity index (χ2n) is 13.7. The lowest BCUT2D eigenvalue weighted by molar-refractivity contribution is -0.120. The minimum absolute atomic E-state index is 0.141. The number of primary amides is 1. The topological polar surface area (TPSA) is 221 Å². The first kappa shape index (κ1) is 43.4. The fraction of sp³-hybridized carbons (Fsp3) is 0.513. The first-order chi connectivity index (χ1) is 25.8. The molecule has 6 atom stereocenters. The summed E-state index contributed by atoms with van der Waals surface area (Å²) in [7, 11) is 2.92. The number of allylic oxidation sites excluding steroid dienone is 4. The summed E-state index contributed by atoms with van der Waals surface area (Å²) in [5.74, 6) is -2.45. The Kier molecular flexibility index (Phi) is 17.4. The Morgan fingerprint density at radius 3 is 2.35 bits per heavy atom. The van der Waals surface area contributed by atoms with Crippen LogP contribution in [0.3, 0.4) is 0 Å². The van der Waals surface area contributed by atoms with Gasteiger partial charge in [-0.1, -0.05) is 51.0 Å². The molecule has 54 heavy (non-hydrogen) atoms. The van der Waals surface area contributed by atoms with Crippen LogP contribution in [0.1, 0.15) is 76.6 Å². The monoisotopic (exact) mass is 750 g/mol. The molecule has 1 aromatic heterocycles. The van der Waals surface area contributed by atoms with Crippen LogP contribution in [0.15, 0.2) is 77.2 Å². The normalized spacial score (nSPS) is 27.1. The minimum Gasteiger partial charge on any atom is -0.439 e. The summed E-state index contributed by atoms with van der Waals surface area (Å²) in [5.41, 5.74) is 6.86. The van der Waals surface area contributed by atoms with Gasteiger partial charge in [0.05, 0.1) is 29.2 Å². The molecule has 0 spiro atoms. The van der Waals surface area contributed by atoms with Crippen LogP contribution in [0, 0.1) is 11.8 Å². The predicted molar refractivity (Wildman–Crippen MR) is 200 cm³/mol. The smallest absolute Gasteiger partial charge is 0.405 e. The van der Waals surface area contributed by atoms with Crippen molar-refractivity contribution < 1.29 is 43.3 Å². The van der Waals surface area contributed by atoms with E-state index >= 15 is 0 Å². The molecule has 0 radical (unpaired) electrons. The van der Waals surface area contributed by atoms with Gasteiger partial charge in [-0.15, -0.1) is 0 Å². The molecule has 1 aliphatic heterocycles. The van der Waals surface area contributed by atoms with E-state index in [4.69, 9.17) is 19.9 Å². The third-order valence-corrected chi connectivity index (χ3v) is 9.31. The van der Waals surface area contributed by atoms with E-state index in [1.807, 2.05) is 6.92 Å². The molecule has 1 aliphatic carbocycles. The highest BCUT2D eigenvalue weighted by Gasteiger charge is 2.33. The standard InChI is InChI=1S/C39H54N6O9/c1-23-16-28-33(43-14-9-7-8-10-15-44-38(50)27-20-41-22-42-21-27)30(46)19-29(35(28)48)45-37(49)24(2)12-11-13-31(52-5)36(54-39(40)51)26(4)18-25(3)34(47)32(17-23)53-6/h11-13,18-23,25,31-32,34,36,43,47H,7-10,14-17H2,1-6H3,(H2,40,51)(H,44,50)(H,45,49)/b13-11-,24-12+,26-18+/t23-,25+,31+,32+,34-,36+/m1/s1. The van der Waals surface area contributed by atoms with Gasteiger partial charge < -0.3 is 41.0 Å². The van der Waals surface area contributed by atoms with Gasteiger partial charge in [0.15, 0.2) is 6.10 Å². The number of carbonyl (C=O) groups is 5. The van der Waals surface area contributed by atoms with Crippen molar-refractivity contribution in [1.82, 2.24) is 25.9 Å². The van der Waals surface area contributed by atoms with E-state index in [0.29, 0.717) is 37.1 Å². The number of amides is 3. The molecule has 15 heteroatoms. The summed E-state index contributed by atoms with van der Waals surface area (Å²) in [6, 6.07) is 0. The van der Waals surface area contributed by atoms with Gasteiger partial charge in [-0.05, 0) is 51.0 Å². The number of nitrogens with one attached hydrogen (secondary N) is 3. The SMILES string of the molecule is CO[C@H]1/C=C\C=C(/C)C(=O)NC2=CC(=O)C(NCCCCCCNC(=O)c3cncnc3)=C(C[C@@H](C)C[C@H](OC)[C@H](O)[C@@H](C)/C=C(\C)[C@@H]1OC(N)=O)C2=O. The van der Waals surface area contributed by atoms with Gasteiger partial charge in [-0.2, -0.15) is 0 Å². The molecule has 294 valence electrons. The van der Waals surface area contributed by atoms with Gasteiger partial charge in [-0.3, -0.25) is 19.2 Å². The van der Waals surface area contributed by atoms with Crippen molar-refractivity contribution in [2.75, 3.05) is 27.3 Å². The van der Waals surface area contributed by atoms with Crippen LogP contribution in [0.5, 0.6) is 0 Å². The van der Waals surface area contributed by atoms with Crippen molar-refractivity contribution in [3.05, 3.63) is 82.8 Å². The first-order valence-electron chi connectivity index (χ1n) is 18.1. The third-order valence-electron chi connectivity index (χ3n) is 9.31. The number of hydrogen-bond donors (Lipinski definition) is 5. The maximum atomic E-state index is 13.9. The average molecular weight is 751 g/mol. The number of rotatable bonds is 12. The molecule has 1 aromatic rings. The molecular weight excluding hydrogens is 696 g/mol. The van der Waals surface area contributed by atoms with Gasteiger partial charge in [0.1, 0.15) is 12.4 Å². The number of nitrogens with zero attached hydrogens (tertiary/aromatic N) is 2. The van der Waals surface area contributed by atoms with E-state index < -0.39 is 53.9 Å². The summed E-state index contributed by atoms with van der Waals surface area (Å²) in [4.78, 5) is 72.4. The lowest BCUT2D eigenvalue weighted by atomic mass is 9.85. The number of carbonyl (C=O) groups excluding carboxylic acids is 5. The Morgan fingerprint density at radius 1 is 1.02 bits per heavy atom.